The predicted molar refractivity (Wildman–Crippen MR) is 83.3 cm³/mol. The van der Waals surface area contributed by atoms with Crippen molar-refractivity contribution in [3.05, 3.63) is 29.8 Å². The summed E-state index contributed by atoms with van der Waals surface area (Å²) in [6.45, 7) is 1.25. The highest BCUT2D eigenvalue weighted by molar-refractivity contribution is 5.96. The van der Waals surface area contributed by atoms with Gasteiger partial charge in [-0.15, -0.1) is 0 Å². The molecule has 3 rings (SSSR count). The number of anilines is 1. The lowest BCUT2D eigenvalue weighted by Crippen LogP contribution is -2.40. The number of piperidine rings is 1. The summed E-state index contributed by atoms with van der Waals surface area (Å²) in [7, 11) is 0. The first-order valence-corrected chi connectivity index (χ1v) is 7.98. The van der Waals surface area contributed by atoms with Gasteiger partial charge in [0, 0.05) is 31.1 Å². The summed E-state index contributed by atoms with van der Waals surface area (Å²) in [5, 5.41) is 12.4. The summed E-state index contributed by atoms with van der Waals surface area (Å²) >= 11 is 0. The van der Waals surface area contributed by atoms with E-state index in [-0.39, 0.29) is 23.8 Å². The van der Waals surface area contributed by atoms with Crippen molar-refractivity contribution >= 4 is 17.5 Å². The van der Waals surface area contributed by atoms with Gasteiger partial charge in [0.15, 0.2) is 0 Å². The zero-order valence-electron chi connectivity index (χ0n) is 12.6. The zero-order chi connectivity index (χ0) is 15.5. The van der Waals surface area contributed by atoms with Crippen molar-refractivity contribution in [2.24, 2.45) is 5.92 Å². The number of nitrogens with zero attached hydrogens (tertiary/aromatic N) is 1. The van der Waals surface area contributed by atoms with E-state index in [4.69, 9.17) is 0 Å². The summed E-state index contributed by atoms with van der Waals surface area (Å²) in [6, 6.07) is 7.81. The largest absolute Gasteiger partial charge is 0.393 e. The first-order valence-electron chi connectivity index (χ1n) is 7.98. The number of rotatable bonds is 3. The van der Waals surface area contributed by atoms with Crippen molar-refractivity contribution in [2.75, 3.05) is 18.4 Å². The lowest BCUT2D eigenvalue weighted by molar-refractivity contribution is -0.133. The first kappa shape index (κ1) is 15.0. The number of likely N-dealkylation sites (tertiary alicyclic amines) is 1. The van der Waals surface area contributed by atoms with Crippen LogP contribution in [0.3, 0.4) is 0 Å². The van der Waals surface area contributed by atoms with Gasteiger partial charge in [-0.1, -0.05) is 18.2 Å². The van der Waals surface area contributed by atoms with Gasteiger partial charge in [-0.05, 0) is 37.3 Å². The Kier molecular flexibility index (Phi) is 4.43. The Bertz CT molecular complexity index is 565. The van der Waals surface area contributed by atoms with E-state index in [0.29, 0.717) is 45.2 Å². The fourth-order valence-corrected chi connectivity index (χ4v) is 3.22. The van der Waals surface area contributed by atoms with Gasteiger partial charge in [0.1, 0.15) is 0 Å². The molecule has 2 aliphatic heterocycles. The fourth-order valence-electron chi connectivity index (χ4n) is 3.22. The molecule has 2 heterocycles. The molecule has 118 valence electrons. The summed E-state index contributed by atoms with van der Waals surface area (Å²) in [5.74, 6) is -0.0200. The average Bonchev–Trinajstić information content (AvgIpc) is 2.53. The summed E-state index contributed by atoms with van der Waals surface area (Å²) in [5.41, 5.74) is 2.03. The highest BCUT2D eigenvalue weighted by Crippen LogP contribution is 2.27. The molecule has 1 atom stereocenters. The quantitative estimate of drug-likeness (QED) is 0.890. The highest BCUT2D eigenvalue weighted by atomic mass is 16.3. The topological polar surface area (TPSA) is 69.6 Å². The number of hydrogen-bond acceptors (Lipinski definition) is 3. The molecule has 0 aromatic heterocycles. The van der Waals surface area contributed by atoms with Crippen molar-refractivity contribution in [3.63, 3.8) is 0 Å². The molecule has 0 bridgehead atoms. The second-order valence-corrected chi connectivity index (χ2v) is 6.20. The molecule has 1 aromatic rings. The molecular formula is C17H22N2O3. The van der Waals surface area contributed by atoms with Crippen molar-refractivity contribution in [1.82, 2.24) is 4.90 Å². The van der Waals surface area contributed by atoms with Crippen LogP contribution < -0.4 is 5.32 Å². The van der Waals surface area contributed by atoms with Crippen LogP contribution in [-0.2, 0) is 16.0 Å². The Morgan fingerprint density at radius 1 is 1.27 bits per heavy atom. The minimum absolute atomic E-state index is 0.0144. The minimum Gasteiger partial charge on any atom is -0.393 e. The second-order valence-electron chi connectivity index (χ2n) is 6.20. The van der Waals surface area contributed by atoms with Gasteiger partial charge < -0.3 is 15.3 Å². The van der Waals surface area contributed by atoms with Crippen LogP contribution in [0.15, 0.2) is 24.3 Å². The van der Waals surface area contributed by atoms with E-state index in [0.717, 1.165) is 11.3 Å². The van der Waals surface area contributed by atoms with Crippen molar-refractivity contribution in [2.45, 2.75) is 38.2 Å². The van der Waals surface area contributed by atoms with Gasteiger partial charge in [0.2, 0.25) is 11.8 Å². The molecule has 1 fully saturated rings. The standard InChI is InChI=1S/C17H22N2O3/c20-14-7-9-19(10-8-14)16(21)6-5-13-11-12-3-1-2-4-15(12)18-17(13)22/h1-4,13-14,20H,5-11H2,(H,18,22). The highest BCUT2D eigenvalue weighted by Gasteiger charge is 2.27. The lowest BCUT2D eigenvalue weighted by atomic mass is 9.89. The van der Waals surface area contributed by atoms with E-state index < -0.39 is 0 Å². The van der Waals surface area contributed by atoms with Gasteiger partial charge in [0.05, 0.1) is 6.10 Å². The van der Waals surface area contributed by atoms with Crippen LogP contribution in [0.1, 0.15) is 31.2 Å². The number of carbonyl (C=O) groups excluding carboxylic acids is 2. The number of para-hydroxylation sites is 1. The molecule has 5 heteroatoms. The lowest BCUT2D eigenvalue weighted by Gasteiger charge is -2.30. The maximum atomic E-state index is 12.2. The summed E-state index contributed by atoms with van der Waals surface area (Å²) in [4.78, 5) is 26.1. The molecule has 1 saturated heterocycles. The number of aliphatic hydroxyl groups is 1. The maximum Gasteiger partial charge on any atom is 0.227 e. The average molecular weight is 302 g/mol. The monoisotopic (exact) mass is 302 g/mol. The predicted octanol–water partition coefficient (Wildman–Crippen LogP) is 1.56. The van der Waals surface area contributed by atoms with E-state index in [1.165, 1.54) is 0 Å². The van der Waals surface area contributed by atoms with Gasteiger partial charge >= 0.3 is 0 Å². The van der Waals surface area contributed by atoms with Crippen LogP contribution in [0.4, 0.5) is 5.69 Å². The van der Waals surface area contributed by atoms with E-state index in [1.54, 1.807) is 4.90 Å². The van der Waals surface area contributed by atoms with E-state index in [2.05, 4.69) is 5.32 Å². The van der Waals surface area contributed by atoms with Crippen LogP contribution in [-0.4, -0.2) is 41.0 Å². The number of carbonyl (C=O) groups is 2. The van der Waals surface area contributed by atoms with Crippen LogP contribution in [0.2, 0.25) is 0 Å². The molecule has 22 heavy (non-hydrogen) atoms. The van der Waals surface area contributed by atoms with Crippen molar-refractivity contribution in [1.29, 1.82) is 0 Å². The normalized spacial score (nSPS) is 22.1. The number of nitrogens with one attached hydrogen (secondary N) is 1. The Morgan fingerprint density at radius 2 is 2.00 bits per heavy atom. The molecule has 2 aliphatic rings. The molecule has 5 nitrogen and oxygen atoms in total. The van der Waals surface area contributed by atoms with Gasteiger partial charge in [-0.25, -0.2) is 0 Å². The zero-order valence-corrected chi connectivity index (χ0v) is 12.6. The third kappa shape index (κ3) is 3.30. The molecule has 1 aromatic carbocycles. The van der Waals surface area contributed by atoms with Crippen molar-refractivity contribution < 1.29 is 14.7 Å². The fraction of sp³-hybridized carbons (Fsp3) is 0.529. The minimum atomic E-state index is -0.273. The third-order valence-corrected chi connectivity index (χ3v) is 4.64. The Labute approximate surface area is 130 Å². The van der Waals surface area contributed by atoms with Crippen molar-refractivity contribution in [3.8, 4) is 0 Å². The van der Waals surface area contributed by atoms with Gasteiger partial charge in [-0.3, -0.25) is 9.59 Å². The summed E-state index contributed by atoms with van der Waals surface area (Å²) < 4.78 is 0. The smallest absolute Gasteiger partial charge is 0.227 e. The van der Waals surface area contributed by atoms with Crippen LogP contribution in [0.5, 0.6) is 0 Å². The molecule has 0 aliphatic carbocycles. The second kappa shape index (κ2) is 6.48. The number of hydrogen-bond donors (Lipinski definition) is 2. The van der Waals surface area contributed by atoms with E-state index >= 15 is 0 Å². The first-order chi connectivity index (χ1) is 10.6. The van der Waals surface area contributed by atoms with E-state index in [1.807, 2.05) is 24.3 Å². The van der Waals surface area contributed by atoms with Crippen LogP contribution >= 0.6 is 0 Å². The Hall–Kier alpha value is -1.88. The Balaban J connectivity index is 1.53. The molecule has 2 N–H and O–H groups in total. The molecular weight excluding hydrogens is 280 g/mol. The van der Waals surface area contributed by atoms with Gasteiger partial charge in [0.25, 0.3) is 0 Å². The summed E-state index contributed by atoms with van der Waals surface area (Å²) in [6.07, 6.45) is 2.72. The van der Waals surface area contributed by atoms with Crippen LogP contribution in [0.25, 0.3) is 0 Å². The number of fused-ring (bicyclic) bond motifs is 1. The molecule has 1 unspecified atom stereocenters. The third-order valence-electron chi connectivity index (χ3n) is 4.64. The van der Waals surface area contributed by atoms with E-state index in [9.17, 15) is 14.7 Å². The number of aliphatic hydroxyl groups excluding tert-OH is 1. The number of amides is 2. The molecule has 0 spiro atoms. The molecule has 0 radical (unpaired) electrons. The maximum absolute atomic E-state index is 12.2. The Morgan fingerprint density at radius 3 is 2.77 bits per heavy atom. The van der Waals surface area contributed by atoms with Crippen LogP contribution in [0, 0.1) is 5.92 Å². The van der Waals surface area contributed by atoms with Gasteiger partial charge in [-0.2, -0.15) is 0 Å². The molecule has 0 saturated carbocycles. The SMILES string of the molecule is O=C1Nc2ccccc2CC1CCC(=O)N1CCC(O)CC1. The molecule has 2 amide bonds. The number of benzene rings is 1.